The third kappa shape index (κ3) is 6.04. The second kappa shape index (κ2) is 11.5. The quantitative estimate of drug-likeness (QED) is 0.157. The molecule has 4 aromatic rings. The summed E-state index contributed by atoms with van der Waals surface area (Å²) in [5, 5.41) is 1.07. The van der Waals surface area contributed by atoms with Gasteiger partial charge in [0.1, 0.15) is 11.6 Å². The van der Waals surface area contributed by atoms with E-state index in [0.29, 0.717) is 45.9 Å². The highest BCUT2D eigenvalue weighted by molar-refractivity contribution is 5.88. The van der Waals surface area contributed by atoms with Crippen molar-refractivity contribution in [2.45, 2.75) is 52.1 Å². The number of alkyl halides is 2. The number of hydrogen-bond donors (Lipinski definition) is 0. The van der Waals surface area contributed by atoms with Crippen LogP contribution in [-0.4, -0.2) is 6.61 Å². The Kier molecular flexibility index (Phi) is 8.24. The third-order valence-electron chi connectivity index (χ3n) is 6.34. The van der Waals surface area contributed by atoms with Gasteiger partial charge in [0, 0.05) is 10.9 Å². The van der Waals surface area contributed by atoms with Gasteiger partial charge in [-0.05, 0) is 77.6 Å². The molecule has 36 heavy (non-hydrogen) atoms. The lowest BCUT2D eigenvalue weighted by molar-refractivity contribution is -0.0522. The van der Waals surface area contributed by atoms with Gasteiger partial charge in [0.05, 0.1) is 0 Å². The molecule has 0 unspecified atom stereocenters. The molecule has 0 saturated heterocycles. The number of fused-ring (bicyclic) bond motifs is 1. The van der Waals surface area contributed by atoms with E-state index in [4.69, 9.17) is 0 Å². The first-order chi connectivity index (χ1) is 17.4. The van der Waals surface area contributed by atoms with Gasteiger partial charge in [-0.2, -0.15) is 8.78 Å². The smallest absolute Gasteiger partial charge is 0.387 e. The molecule has 0 atom stereocenters. The zero-order valence-electron chi connectivity index (χ0n) is 20.0. The standard InChI is InChI=1S/C30H27F5O/c1-2-3-4-5-19-7-13-24(26(31)16-19)22-12-14-25-23(18-22)11-10-21(29(25)33)9-6-20-8-15-28(27(32)17-20)36-30(34)35/h7-8,10-18,30H,2-6,9H2,1H3. The summed E-state index contributed by atoms with van der Waals surface area (Å²) in [7, 11) is 0. The third-order valence-corrected chi connectivity index (χ3v) is 6.34. The van der Waals surface area contributed by atoms with Gasteiger partial charge >= 0.3 is 6.61 Å². The van der Waals surface area contributed by atoms with Gasteiger partial charge in [0.15, 0.2) is 11.6 Å². The van der Waals surface area contributed by atoms with Crippen LogP contribution in [0.25, 0.3) is 21.9 Å². The van der Waals surface area contributed by atoms with Crippen molar-refractivity contribution in [3.63, 3.8) is 0 Å². The molecule has 0 heterocycles. The van der Waals surface area contributed by atoms with Crippen LogP contribution in [0.15, 0.2) is 66.7 Å². The molecule has 6 heteroatoms. The highest BCUT2D eigenvalue weighted by Crippen LogP contribution is 2.30. The lowest BCUT2D eigenvalue weighted by Crippen LogP contribution is -2.04. The Bertz CT molecular complexity index is 1350. The van der Waals surface area contributed by atoms with Crippen molar-refractivity contribution in [2.75, 3.05) is 0 Å². The summed E-state index contributed by atoms with van der Waals surface area (Å²) in [4.78, 5) is 0. The zero-order chi connectivity index (χ0) is 25.7. The van der Waals surface area contributed by atoms with Crippen molar-refractivity contribution < 1.29 is 26.7 Å². The van der Waals surface area contributed by atoms with Crippen LogP contribution < -0.4 is 4.74 Å². The van der Waals surface area contributed by atoms with E-state index < -0.39 is 18.2 Å². The number of rotatable bonds is 10. The molecular formula is C30H27F5O. The first-order valence-electron chi connectivity index (χ1n) is 12.1. The topological polar surface area (TPSA) is 9.23 Å². The van der Waals surface area contributed by atoms with Crippen molar-refractivity contribution in [1.29, 1.82) is 0 Å². The number of aryl methyl sites for hydroxylation is 3. The van der Waals surface area contributed by atoms with Gasteiger partial charge in [-0.15, -0.1) is 0 Å². The summed E-state index contributed by atoms with van der Waals surface area (Å²) >= 11 is 0. The molecule has 0 bridgehead atoms. The number of ether oxygens (including phenoxy) is 1. The fourth-order valence-electron chi connectivity index (χ4n) is 4.40. The summed E-state index contributed by atoms with van der Waals surface area (Å²) in [6, 6.07) is 17.6. The molecule has 188 valence electrons. The van der Waals surface area contributed by atoms with E-state index in [1.54, 1.807) is 42.5 Å². The van der Waals surface area contributed by atoms with Gasteiger partial charge in [-0.3, -0.25) is 0 Å². The Morgan fingerprint density at radius 3 is 2.19 bits per heavy atom. The Morgan fingerprint density at radius 1 is 0.722 bits per heavy atom. The molecule has 0 N–H and O–H groups in total. The lowest BCUT2D eigenvalue weighted by Gasteiger charge is -2.11. The monoisotopic (exact) mass is 498 g/mol. The number of benzene rings is 4. The number of halogens is 5. The maximum absolute atomic E-state index is 15.2. The molecule has 0 aliphatic carbocycles. The van der Waals surface area contributed by atoms with Crippen LogP contribution in [0.1, 0.15) is 42.9 Å². The molecule has 0 amide bonds. The highest BCUT2D eigenvalue weighted by atomic mass is 19.3. The van der Waals surface area contributed by atoms with Crippen molar-refractivity contribution in [1.82, 2.24) is 0 Å². The average molecular weight is 499 g/mol. The first-order valence-corrected chi connectivity index (χ1v) is 12.1. The molecule has 4 aromatic carbocycles. The minimum Gasteiger partial charge on any atom is -0.432 e. The predicted molar refractivity (Wildman–Crippen MR) is 133 cm³/mol. The molecular weight excluding hydrogens is 471 g/mol. The Labute approximate surface area is 207 Å². The molecule has 0 radical (unpaired) electrons. The molecule has 1 nitrogen and oxygen atoms in total. The van der Waals surface area contributed by atoms with E-state index >= 15 is 4.39 Å². The van der Waals surface area contributed by atoms with Crippen LogP contribution in [0.2, 0.25) is 0 Å². The van der Waals surface area contributed by atoms with Gasteiger partial charge in [0.2, 0.25) is 0 Å². The first kappa shape index (κ1) is 25.7. The van der Waals surface area contributed by atoms with Gasteiger partial charge in [0.25, 0.3) is 0 Å². The molecule has 0 spiro atoms. The highest BCUT2D eigenvalue weighted by Gasteiger charge is 2.13. The summed E-state index contributed by atoms with van der Waals surface area (Å²) < 4.78 is 72.7. The minimum absolute atomic E-state index is 0.294. The molecule has 0 saturated carbocycles. The molecule has 0 fully saturated rings. The van der Waals surface area contributed by atoms with Crippen molar-refractivity contribution in [3.05, 3.63) is 101 Å². The van der Waals surface area contributed by atoms with Crippen molar-refractivity contribution >= 4 is 10.8 Å². The van der Waals surface area contributed by atoms with Crippen LogP contribution in [0.4, 0.5) is 22.0 Å². The van der Waals surface area contributed by atoms with Crippen molar-refractivity contribution in [2.24, 2.45) is 0 Å². The maximum Gasteiger partial charge on any atom is 0.387 e. The normalized spacial score (nSPS) is 11.4. The van der Waals surface area contributed by atoms with Crippen LogP contribution in [0, 0.1) is 17.5 Å². The molecule has 4 rings (SSSR count). The second-order valence-electron chi connectivity index (χ2n) is 8.89. The van der Waals surface area contributed by atoms with E-state index in [1.165, 1.54) is 6.07 Å². The molecule has 0 aromatic heterocycles. The van der Waals surface area contributed by atoms with E-state index in [-0.39, 0.29) is 11.6 Å². The van der Waals surface area contributed by atoms with Crippen molar-refractivity contribution in [3.8, 4) is 16.9 Å². The van der Waals surface area contributed by atoms with Gasteiger partial charge < -0.3 is 4.74 Å². The number of hydrogen-bond acceptors (Lipinski definition) is 1. The summed E-state index contributed by atoms with van der Waals surface area (Å²) in [5.41, 5.74) is 3.11. The molecule has 0 aliphatic rings. The summed E-state index contributed by atoms with van der Waals surface area (Å²) in [5.74, 6) is -2.09. The summed E-state index contributed by atoms with van der Waals surface area (Å²) in [6.45, 7) is -0.977. The Morgan fingerprint density at radius 2 is 1.47 bits per heavy atom. The number of unbranched alkanes of at least 4 members (excludes halogenated alkanes) is 2. The Hall–Kier alpha value is -3.41. The summed E-state index contributed by atoms with van der Waals surface area (Å²) in [6.07, 6.45) is 4.72. The SMILES string of the molecule is CCCCCc1ccc(-c2ccc3c(F)c(CCc4ccc(OC(F)F)c(F)c4)ccc3c2)c(F)c1. The predicted octanol–water partition coefficient (Wildman–Crippen LogP) is 9.04. The fraction of sp³-hybridized carbons (Fsp3) is 0.267. The van der Waals surface area contributed by atoms with E-state index in [1.807, 2.05) is 6.07 Å². The molecule has 0 aliphatic heterocycles. The maximum atomic E-state index is 15.2. The fourth-order valence-corrected chi connectivity index (χ4v) is 4.40. The lowest BCUT2D eigenvalue weighted by atomic mass is 9.96. The average Bonchev–Trinajstić information content (AvgIpc) is 2.85. The van der Waals surface area contributed by atoms with Crippen LogP contribution >= 0.6 is 0 Å². The Balaban J connectivity index is 1.50. The minimum atomic E-state index is -3.11. The van der Waals surface area contributed by atoms with Gasteiger partial charge in [-0.1, -0.05) is 62.2 Å². The second-order valence-corrected chi connectivity index (χ2v) is 8.89. The van der Waals surface area contributed by atoms with E-state index in [9.17, 15) is 17.6 Å². The van der Waals surface area contributed by atoms with Crippen LogP contribution in [-0.2, 0) is 19.3 Å². The largest absolute Gasteiger partial charge is 0.432 e. The van der Waals surface area contributed by atoms with Crippen LogP contribution in [0.3, 0.4) is 0 Å². The van der Waals surface area contributed by atoms with Gasteiger partial charge in [-0.25, -0.2) is 13.2 Å². The van der Waals surface area contributed by atoms with Crippen LogP contribution in [0.5, 0.6) is 5.75 Å². The van der Waals surface area contributed by atoms with E-state index in [0.717, 1.165) is 43.4 Å². The van der Waals surface area contributed by atoms with E-state index in [2.05, 4.69) is 11.7 Å². The zero-order valence-corrected chi connectivity index (χ0v) is 20.0.